The summed E-state index contributed by atoms with van der Waals surface area (Å²) >= 11 is 1.75. The average molecular weight is 735 g/mol. The van der Waals surface area contributed by atoms with Crippen LogP contribution in [0.1, 0.15) is 170 Å². The zero-order valence-electron chi connectivity index (χ0n) is 39.2. The Balaban J connectivity index is -0.0000000553. The fourth-order valence-electron chi connectivity index (χ4n) is 2.66. The van der Waals surface area contributed by atoms with Crippen molar-refractivity contribution < 1.29 is 4.74 Å². The third-order valence-electron chi connectivity index (χ3n) is 4.21. The van der Waals surface area contributed by atoms with Gasteiger partial charge in [0.1, 0.15) is 0 Å². The van der Waals surface area contributed by atoms with Crippen LogP contribution < -0.4 is 0 Å². The van der Waals surface area contributed by atoms with Crippen molar-refractivity contribution in [1.29, 1.82) is 0 Å². The van der Waals surface area contributed by atoms with E-state index in [0.29, 0.717) is 10.8 Å². The van der Waals surface area contributed by atoms with Gasteiger partial charge in [0, 0.05) is 14.2 Å². The molecule has 0 radical (unpaired) electrons. The van der Waals surface area contributed by atoms with Crippen LogP contribution in [-0.2, 0) is 4.74 Å². The molecule has 0 heterocycles. The van der Waals surface area contributed by atoms with Crippen molar-refractivity contribution in [1.82, 2.24) is 0 Å². The Labute approximate surface area is 331 Å². The molecule has 2 heteroatoms. The van der Waals surface area contributed by atoms with E-state index in [1.165, 1.54) is 44.9 Å². The Morgan fingerprint density at radius 3 is 0.588 bits per heavy atom. The highest BCUT2D eigenvalue weighted by Gasteiger charge is 2.19. The van der Waals surface area contributed by atoms with Gasteiger partial charge in [-0.15, -0.1) is 0 Å². The second kappa shape index (κ2) is 77.4. The smallest absolute Gasteiger partial charge is 0.0351 e. The topological polar surface area (TPSA) is 9.23 Å². The Hall–Kier alpha value is -2.03. The fourth-order valence-corrected chi connectivity index (χ4v) is 2.66. The molecule has 1 saturated carbocycles. The van der Waals surface area contributed by atoms with Crippen LogP contribution in [0.25, 0.3) is 0 Å². The van der Waals surface area contributed by atoms with Gasteiger partial charge in [-0.05, 0) is 36.2 Å². The van der Waals surface area contributed by atoms with Gasteiger partial charge in [-0.3, -0.25) is 0 Å². The summed E-state index contributed by atoms with van der Waals surface area (Å²) in [7, 11) is 3.25. The van der Waals surface area contributed by atoms with Crippen LogP contribution in [0, 0.1) is 10.8 Å². The number of hydrogen-bond donors (Lipinski definition) is 0. The summed E-state index contributed by atoms with van der Waals surface area (Å²) in [5, 5.41) is 0. The van der Waals surface area contributed by atoms with Gasteiger partial charge in [-0.25, -0.2) is 0 Å². The van der Waals surface area contributed by atoms with Gasteiger partial charge < -0.3 is 4.74 Å². The first-order valence-electron chi connectivity index (χ1n) is 20.2. The van der Waals surface area contributed by atoms with Gasteiger partial charge >= 0.3 is 0 Å². The van der Waals surface area contributed by atoms with Crippen LogP contribution in [-0.4, -0.2) is 26.7 Å². The highest BCUT2D eigenvalue weighted by atomic mass is 32.2. The Morgan fingerprint density at radius 2 is 0.529 bits per heavy atom. The van der Waals surface area contributed by atoms with E-state index < -0.39 is 0 Å². The van der Waals surface area contributed by atoms with Gasteiger partial charge in [-0.1, -0.05) is 266 Å². The monoisotopic (exact) mass is 735 g/mol. The predicted octanol–water partition coefficient (Wildman–Crippen LogP) is 18.3. The number of methoxy groups -OCH3 is 1. The number of benzene rings is 3. The zero-order valence-corrected chi connectivity index (χ0v) is 40.0. The molecular weight excluding hydrogens is 637 g/mol. The van der Waals surface area contributed by atoms with Gasteiger partial charge in [0.05, 0.1) is 0 Å². The lowest BCUT2D eigenvalue weighted by molar-refractivity contribution is 0.244. The number of thioether (sulfide) groups is 1. The third-order valence-corrected chi connectivity index (χ3v) is 4.21. The molecule has 0 aromatic heterocycles. The molecule has 51 heavy (non-hydrogen) atoms. The second-order valence-electron chi connectivity index (χ2n) is 12.4. The molecule has 0 aliphatic heterocycles. The molecule has 0 spiro atoms. The molecule has 3 aromatic rings. The molecule has 0 atom stereocenters. The molecule has 1 aliphatic rings. The summed E-state index contributed by atoms with van der Waals surface area (Å²) in [6.07, 6.45) is 13.9. The molecule has 0 unspecified atom stereocenters. The molecule has 0 N–H and O–H groups in total. The maximum atomic E-state index is 4.25. The highest BCUT2D eigenvalue weighted by molar-refractivity contribution is 7.97. The van der Waals surface area contributed by atoms with Crippen molar-refractivity contribution in [2.75, 3.05) is 26.7 Å². The van der Waals surface area contributed by atoms with E-state index in [4.69, 9.17) is 0 Å². The molecule has 1 aliphatic carbocycles. The van der Waals surface area contributed by atoms with Crippen molar-refractivity contribution in [3.05, 3.63) is 109 Å². The van der Waals surface area contributed by atoms with E-state index in [2.05, 4.69) is 74.0 Å². The molecule has 3 aromatic carbocycles. The Morgan fingerprint density at radius 1 is 0.431 bits per heavy atom. The van der Waals surface area contributed by atoms with Gasteiger partial charge in [-0.2, -0.15) is 11.8 Å². The van der Waals surface area contributed by atoms with Crippen LogP contribution in [0.4, 0.5) is 0 Å². The first-order valence-corrected chi connectivity index (χ1v) is 21.8. The van der Waals surface area contributed by atoms with Crippen molar-refractivity contribution in [2.45, 2.75) is 170 Å². The van der Waals surface area contributed by atoms with Gasteiger partial charge in [0.25, 0.3) is 0 Å². The van der Waals surface area contributed by atoms with E-state index in [1.54, 1.807) is 26.0 Å². The number of hydrogen-bond acceptors (Lipinski definition) is 2. The molecule has 1 nitrogen and oxygen atoms in total. The molecule has 306 valence electrons. The lowest BCUT2D eigenvalue weighted by Crippen LogP contribution is -2.14. The molecule has 4 rings (SSSR count). The minimum atomic E-state index is 0.500. The lowest BCUT2D eigenvalue weighted by Gasteiger charge is -2.28. The highest BCUT2D eigenvalue weighted by Crippen LogP contribution is 2.34. The van der Waals surface area contributed by atoms with Crippen molar-refractivity contribution in [3.63, 3.8) is 0 Å². The zero-order chi connectivity index (χ0) is 42.1. The minimum Gasteiger partial charge on any atom is -0.388 e. The van der Waals surface area contributed by atoms with Crippen LogP contribution in [0.15, 0.2) is 109 Å². The average Bonchev–Trinajstić information content (AvgIpc) is 3.15. The SMILES string of the molecule is CC.CC.CC.CC.CC(C)(C)C.CC1(C)CCCCC1.CCC.CCC.COC.CSC.c1ccccc1.c1ccccc1.c1ccccc1. The first kappa shape index (κ1) is 70.5. The van der Waals surface area contributed by atoms with E-state index in [9.17, 15) is 0 Å². The first-order chi connectivity index (χ1) is 24.4. The Kier molecular flexibility index (Phi) is 107. The molecule has 0 bridgehead atoms. The van der Waals surface area contributed by atoms with E-state index >= 15 is 0 Å². The number of rotatable bonds is 0. The number of ether oxygens (including phenoxy) is 1. The summed E-state index contributed by atoms with van der Waals surface area (Å²) in [6.45, 7) is 38.0. The third kappa shape index (κ3) is 150. The van der Waals surface area contributed by atoms with Crippen LogP contribution in [0.2, 0.25) is 0 Å². The van der Waals surface area contributed by atoms with Crippen LogP contribution in [0.5, 0.6) is 0 Å². The maximum Gasteiger partial charge on any atom is 0.0351 e. The van der Waals surface area contributed by atoms with Crippen molar-refractivity contribution in [3.8, 4) is 0 Å². The molecule has 1 fully saturated rings. The summed E-state index contributed by atoms with van der Waals surface area (Å²) in [4.78, 5) is 0. The second-order valence-corrected chi connectivity index (χ2v) is 13.2. The lowest BCUT2D eigenvalue weighted by atomic mass is 9.78. The summed E-state index contributed by atoms with van der Waals surface area (Å²) in [5.74, 6) is 0. The quantitative estimate of drug-likeness (QED) is 0.227. The van der Waals surface area contributed by atoms with E-state index in [0.717, 1.165) is 0 Å². The fraction of sp³-hybridized carbons (Fsp3) is 0.633. The van der Waals surface area contributed by atoms with Crippen LogP contribution in [0.3, 0.4) is 0 Å². The molecular formula is C49H98OS. The van der Waals surface area contributed by atoms with Crippen molar-refractivity contribution in [2.24, 2.45) is 10.8 Å². The van der Waals surface area contributed by atoms with Gasteiger partial charge in [0.15, 0.2) is 0 Å². The summed E-state index contributed by atoms with van der Waals surface area (Å²) in [5.41, 5.74) is 1.18. The van der Waals surface area contributed by atoms with Gasteiger partial charge in [0.2, 0.25) is 0 Å². The largest absolute Gasteiger partial charge is 0.388 e. The Bertz CT molecular complexity index is 575. The molecule has 0 amide bonds. The standard InChI is InChI=1S/C8H16.3C6H6.C5H12.2C3H8.C2H6O.C2H6S.4C2H6/c1-8(2)6-4-3-5-7-8;3*1-2-4-6-5-3-1;1-5(2,3)4;4*1-3-2;4*1-2/h3-7H2,1-2H3;3*1-6H;1-4H3;2*3H2,1-2H3;2*1-2H3;4*1-2H3. The van der Waals surface area contributed by atoms with Crippen LogP contribution >= 0.6 is 11.8 Å². The van der Waals surface area contributed by atoms with Crippen molar-refractivity contribution >= 4 is 11.8 Å². The van der Waals surface area contributed by atoms with E-state index in [1.807, 2.05) is 177 Å². The molecule has 0 saturated heterocycles. The summed E-state index contributed by atoms with van der Waals surface area (Å²) < 4.78 is 4.25. The predicted molar refractivity (Wildman–Crippen MR) is 251 cm³/mol. The minimum absolute atomic E-state index is 0.500. The van der Waals surface area contributed by atoms with E-state index in [-0.39, 0.29) is 0 Å². The maximum absolute atomic E-state index is 4.25. The summed E-state index contributed by atoms with van der Waals surface area (Å²) in [6, 6.07) is 36.0. The normalized spacial score (nSPS) is 10.2.